The van der Waals surface area contributed by atoms with Crippen molar-refractivity contribution in [2.45, 2.75) is 25.7 Å². The molecule has 3 aliphatic rings. The molecule has 0 radical (unpaired) electrons. The summed E-state index contributed by atoms with van der Waals surface area (Å²) in [6, 6.07) is 5.24. The molecule has 4 rings (SSSR count). The Morgan fingerprint density at radius 2 is 1.70 bits per heavy atom. The molecule has 0 unspecified atom stereocenters. The molecule has 0 aromatic heterocycles. The molecular weight excluding hydrogens is 344 g/mol. The smallest absolute Gasteiger partial charge is 0.257 e. The summed E-state index contributed by atoms with van der Waals surface area (Å²) >= 11 is 0. The first-order valence-corrected chi connectivity index (χ1v) is 9.90. The lowest BCUT2D eigenvalue weighted by atomic mass is 9.87. The highest BCUT2D eigenvalue weighted by molar-refractivity contribution is 5.97. The van der Waals surface area contributed by atoms with Crippen molar-refractivity contribution in [1.82, 2.24) is 9.80 Å². The molecule has 1 aromatic rings. The molecule has 1 heterocycles. The van der Waals surface area contributed by atoms with Crippen LogP contribution in [0.4, 0.5) is 0 Å². The number of nitrogens with zero attached hydrogens (tertiary/aromatic N) is 2. The van der Waals surface area contributed by atoms with Crippen LogP contribution >= 0.6 is 0 Å². The molecule has 2 amide bonds. The lowest BCUT2D eigenvalue weighted by molar-refractivity contribution is -0.138. The fourth-order valence-corrected chi connectivity index (χ4v) is 5.06. The first-order chi connectivity index (χ1) is 13.1. The van der Waals surface area contributed by atoms with Gasteiger partial charge in [0.25, 0.3) is 5.91 Å². The first kappa shape index (κ1) is 18.1. The highest BCUT2D eigenvalue weighted by atomic mass is 16.5. The molecule has 27 heavy (non-hydrogen) atoms. The van der Waals surface area contributed by atoms with Gasteiger partial charge in [-0.15, -0.1) is 0 Å². The van der Waals surface area contributed by atoms with Crippen LogP contribution in [0.2, 0.25) is 0 Å². The highest BCUT2D eigenvalue weighted by Gasteiger charge is 2.44. The van der Waals surface area contributed by atoms with Crippen LogP contribution in [0.3, 0.4) is 0 Å². The predicted octanol–water partition coefficient (Wildman–Crippen LogP) is 2.42. The summed E-state index contributed by atoms with van der Waals surface area (Å²) in [5, 5.41) is 0. The summed E-state index contributed by atoms with van der Waals surface area (Å²) in [5.74, 6) is 3.04. The zero-order valence-electron chi connectivity index (χ0n) is 16.1. The van der Waals surface area contributed by atoms with E-state index in [1.807, 2.05) is 9.80 Å². The number of rotatable bonds is 4. The number of hydrogen-bond donors (Lipinski definition) is 0. The molecule has 6 nitrogen and oxygen atoms in total. The van der Waals surface area contributed by atoms with Crippen molar-refractivity contribution in [3.8, 4) is 11.5 Å². The van der Waals surface area contributed by atoms with Crippen LogP contribution in [0.25, 0.3) is 0 Å². The van der Waals surface area contributed by atoms with Crippen LogP contribution in [0.1, 0.15) is 36.0 Å². The van der Waals surface area contributed by atoms with Gasteiger partial charge in [-0.05, 0) is 43.2 Å². The van der Waals surface area contributed by atoms with Crippen molar-refractivity contribution < 1.29 is 19.1 Å². The van der Waals surface area contributed by atoms with Crippen LogP contribution < -0.4 is 9.47 Å². The Balaban J connectivity index is 1.37. The van der Waals surface area contributed by atoms with Crippen LogP contribution in [-0.4, -0.2) is 62.0 Å². The Morgan fingerprint density at radius 3 is 2.30 bits per heavy atom. The molecule has 1 aliphatic heterocycles. The Morgan fingerprint density at radius 1 is 0.963 bits per heavy atom. The molecule has 6 heteroatoms. The fourth-order valence-electron chi connectivity index (χ4n) is 5.06. The lowest BCUT2D eigenvalue weighted by Gasteiger charge is -2.37. The molecular formula is C21H28N2O4. The maximum Gasteiger partial charge on any atom is 0.257 e. The number of benzene rings is 1. The van der Waals surface area contributed by atoms with E-state index in [0.29, 0.717) is 55.1 Å². The van der Waals surface area contributed by atoms with E-state index in [9.17, 15) is 9.59 Å². The summed E-state index contributed by atoms with van der Waals surface area (Å²) in [7, 11) is 3.14. The average molecular weight is 372 g/mol. The second kappa shape index (κ2) is 7.41. The number of carbonyl (C=O) groups excluding carboxylic acids is 2. The molecule has 3 fully saturated rings. The van der Waals surface area contributed by atoms with E-state index in [4.69, 9.17) is 9.47 Å². The van der Waals surface area contributed by atoms with E-state index in [-0.39, 0.29) is 11.8 Å². The quantitative estimate of drug-likeness (QED) is 0.814. The summed E-state index contributed by atoms with van der Waals surface area (Å²) in [5.41, 5.74) is 0.533. The number of amides is 2. The van der Waals surface area contributed by atoms with E-state index in [1.165, 1.54) is 19.3 Å². The number of ether oxygens (including phenoxy) is 2. The van der Waals surface area contributed by atoms with Gasteiger partial charge in [-0.1, -0.05) is 6.42 Å². The van der Waals surface area contributed by atoms with Gasteiger partial charge in [0.2, 0.25) is 5.91 Å². The third-order valence-corrected chi connectivity index (χ3v) is 6.57. The third kappa shape index (κ3) is 3.37. The highest BCUT2D eigenvalue weighted by Crippen LogP contribution is 2.48. The van der Waals surface area contributed by atoms with Crippen molar-refractivity contribution in [1.29, 1.82) is 0 Å². The molecule has 1 aromatic carbocycles. The fraction of sp³-hybridized carbons (Fsp3) is 0.619. The second-order valence-electron chi connectivity index (χ2n) is 7.97. The van der Waals surface area contributed by atoms with Gasteiger partial charge in [-0.3, -0.25) is 9.59 Å². The van der Waals surface area contributed by atoms with Crippen molar-refractivity contribution >= 4 is 11.8 Å². The minimum atomic E-state index is -0.0541. The monoisotopic (exact) mass is 372 g/mol. The minimum absolute atomic E-state index is 0.0541. The number of carbonyl (C=O) groups is 2. The number of hydrogen-bond acceptors (Lipinski definition) is 4. The normalized spacial score (nSPS) is 27.0. The number of fused-ring (bicyclic) bond motifs is 2. The molecule has 0 spiro atoms. The minimum Gasteiger partial charge on any atom is -0.497 e. The maximum absolute atomic E-state index is 12.9. The predicted molar refractivity (Wildman–Crippen MR) is 101 cm³/mol. The topological polar surface area (TPSA) is 59.1 Å². The van der Waals surface area contributed by atoms with Gasteiger partial charge in [-0.2, -0.15) is 0 Å². The van der Waals surface area contributed by atoms with Crippen LogP contribution in [0, 0.1) is 17.8 Å². The Kier molecular flexibility index (Phi) is 4.98. The molecule has 2 bridgehead atoms. The third-order valence-electron chi connectivity index (χ3n) is 6.57. The van der Waals surface area contributed by atoms with E-state index in [1.54, 1.807) is 32.4 Å². The van der Waals surface area contributed by atoms with Gasteiger partial charge < -0.3 is 19.3 Å². The van der Waals surface area contributed by atoms with E-state index in [0.717, 1.165) is 12.3 Å². The van der Waals surface area contributed by atoms with Gasteiger partial charge in [0.1, 0.15) is 11.5 Å². The number of methoxy groups -OCH3 is 2. The Labute approximate surface area is 160 Å². The van der Waals surface area contributed by atoms with Gasteiger partial charge in [0, 0.05) is 38.2 Å². The average Bonchev–Trinajstić information content (AvgIpc) is 3.36. The molecule has 3 atom stereocenters. The van der Waals surface area contributed by atoms with Crippen molar-refractivity contribution in [3.63, 3.8) is 0 Å². The summed E-state index contributed by atoms with van der Waals surface area (Å²) in [6.07, 6.45) is 4.84. The zero-order valence-corrected chi connectivity index (χ0v) is 16.1. The van der Waals surface area contributed by atoms with Gasteiger partial charge in [0.05, 0.1) is 19.8 Å². The molecule has 2 saturated carbocycles. The van der Waals surface area contributed by atoms with Crippen molar-refractivity contribution in [2.75, 3.05) is 40.4 Å². The SMILES string of the molecule is COc1ccc(C(=O)N2CCN(C(=O)[C@H]3C[C@H]4CC[C@H]3C4)CC2)c(OC)c1. The summed E-state index contributed by atoms with van der Waals surface area (Å²) in [4.78, 5) is 29.6. The maximum atomic E-state index is 12.9. The number of piperazine rings is 1. The molecule has 1 saturated heterocycles. The van der Waals surface area contributed by atoms with Crippen LogP contribution in [-0.2, 0) is 4.79 Å². The molecule has 0 N–H and O–H groups in total. The Bertz CT molecular complexity index is 727. The largest absolute Gasteiger partial charge is 0.497 e. The zero-order chi connectivity index (χ0) is 19.0. The van der Waals surface area contributed by atoms with Crippen molar-refractivity contribution in [2.24, 2.45) is 17.8 Å². The van der Waals surface area contributed by atoms with Crippen LogP contribution in [0.15, 0.2) is 18.2 Å². The van der Waals surface area contributed by atoms with Gasteiger partial charge in [-0.25, -0.2) is 0 Å². The first-order valence-electron chi connectivity index (χ1n) is 9.90. The van der Waals surface area contributed by atoms with Gasteiger partial charge in [0.15, 0.2) is 0 Å². The van der Waals surface area contributed by atoms with E-state index < -0.39 is 0 Å². The molecule has 146 valence electrons. The summed E-state index contributed by atoms with van der Waals surface area (Å²) in [6.45, 7) is 2.38. The Hall–Kier alpha value is -2.24. The molecule has 2 aliphatic carbocycles. The summed E-state index contributed by atoms with van der Waals surface area (Å²) < 4.78 is 10.6. The van der Waals surface area contributed by atoms with Crippen LogP contribution in [0.5, 0.6) is 11.5 Å². The van der Waals surface area contributed by atoms with Crippen molar-refractivity contribution in [3.05, 3.63) is 23.8 Å². The standard InChI is InChI=1S/C21H28N2O4/c1-26-16-5-6-17(19(13-16)27-2)20(24)22-7-9-23(10-8-22)21(25)18-12-14-3-4-15(18)11-14/h5-6,13-15,18H,3-4,7-12H2,1-2H3/t14-,15-,18-/m0/s1. The van der Waals surface area contributed by atoms with E-state index in [2.05, 4.69) is 0 Å². The lowest BCUT2D eigenvalue weighted by Crippen LogP contribution is -2.52. The van der Waals surface area contributed by atoms with E-state index >= 15 is 0 Å². The second-order valence-corrected chi connectivity index (χ2v) is 7.97. The van der Waals surface area contributed by atoms with Gasteiger partial charge >= 0.3 is 0 Å².